The Morgan fingerprint density at radius 2 is 2.37 bits per heavy atom. The molecule has 1 aromatic heterocycles. The number of piperidine rings is 1. The van der Waals surface area contributed by atoms with Gasteiger partial charge in [0.05, 0.1) is 18.8 Å². The summed E-state index contributed by atoms with van der Waals surface area (Å²) in [6, 6.07) is 0.286. The van der Waals surface area contributed by atoms with Crippen molar-refractivity contribution in [1.82, 2.24) is 14.7 Å². The first-order chi connectivity index (χ1) is 9.17. The van der Waals surface area contributed by atoms with E-state index in [1.54, 1.807) is 7.11 Å². The molecule has 1 aliphatic heterocycles. The zero-order valence-corrected chi connectivity index (χ0v) is 12.3. The molecule has 2 rings (SSSR count). The molecule has 1 aromatic rings. The van der Waals surface area contributed by atoms with E-state index in [4.69, 9.17) is 10.5 Å². The number of aryl methyl sites for hydroxylation is 1. The number of hydrogen-bond acceptors (Lipinski definition) is 4. The fraction of sp³-hybridized carbons (Fsp3) is 0.786. The zero-order chi connectivity index (χ0) is 13.8. The Morgan fingerprint density at radius 1 is 1.58 bits per heavy atom. The van der Waals surface area contributed by atoms with Crippen molar-refractivity contribution >= 4 is 0 Å². The number of rotatable bonds is 5. The highest BCUT2D eigenvalue weighted by Gasteiger charge is 2.27. The summed E-state index contributed by atoms with van der Waals surface area (Å²) in [6.07, 6.45) is 4.45. The van der Waals surface area contributed by atoms with E-state index in [-0.39, 0.29) is 6.04 Å². The fourth-order valence-corrected chi connectivity index (χ4v) is 3.07. The van der Waals surface area contributed by atoms with E-state index >= 15 is 0 Å². The summed E-state index contributed by atoms with van der Waals surface area (Å²) in [6.45, 7) is 5.80. The maximum absolute atomic E-state index is 6.02. The van der Waals surface area contributed by atoms with Gasteiger partial charge in [0.25, 0.3) is 0 Å². The van der Waals surface area contributed by atoms with Crippen LogP contribution in [0.5, 0.6) is 0 Å². The molecule has 19 heavy (non-hydrogen) atoms. The van der Waals surface area contributed by atoms with Gasteiger partial charge < -0.3 is 10.5 Å². The summed E-state index contributed by atoms with van der Waals surface area (Å²) in [5.41, 5.74) is 8.50. The fourth-order valence-electron chi connectivity index (χ4n) is 3.07. The molecule has 2 atom stereocenters. The van der Waals surface area contributed by atoms with Crippen molar-refractivity contribution in [3.05, 3.63) is 17.5 Å². The lowest BCUT2D eigenvalue weighted by Gasteiger charge is -2.37. The number of ether oxygens (including phenoxy) is 1. The molecular weight excluding hydrogens is 240 g/mol. The van der Waals surface area contributed by atoms with Crippen LogP contribution in [0.2, 0.25) is 0 Å². The third-order valence-electron chi connectivity index (χ3n) is 4.25. The molecule has 1 aliphatic rings. The number of aromatic nitrogens is 2. The lowest BCUT2D eigenvalue weighted by molar-refractivity contribution is 0.0695. The third-order valence-corrected chi connectivity index (χ3v) is 4.25. The Labute approximate surface area is 115 Å². The van der Waals surface area contributed by atoms with E-state index in [9.17, 15) is 0 Å². The van der Waals surface area contributed by atoms with Crippen molar-refractivity contribution < 1.29 is 4.74 Å². The highest BCUT2D eigenvalue weighted by Crippen LogP contribution is 2.27. The van der Waals surface area contributed by atoms with Crippen LogP contribution in [0.1, 0.15) is 30.1 Å². The van der Waals surface area contributed by atoms with Gasteiger partial charge in [0.1, 0.15) is 0 Å². The molecular formula is C14H26N4O. The van der Waals surface area contributed by atoms with Gasteiger partial charge in [-0.1, -0.05) is 0 Å². The lowest BCUT2D eigenvalue weighted by Crippen LogP contribution is -2.42. The van der Waals surface area contributed by atoms with Crippen LogP contribution in [0, 0.1) is 12.8 Å². The molecule has 0 aliphatic carbocycles. The van der Waals surface area contributed by atoms with Gasteiger partial charge in [0.15, 0.2) is 0 Å². The second-order valence-electron chi connectivity index (χ2n) is 5.52. The number of hydrogen-bond donors (Lipinski definition) is 1. The SMILES string of the molecule is COCC1CCCN(C(CN)c2cnn(C)c2C)C1. The van der Waals surface area contributed by atoms with Gasteiger partial charge in [-0.25, -0.2) is 0 Å². The van der Waals surface area contributed by atoms with Crippen LogP contribution in [0.4, 0.5) is 0 Å². The predicted octanol–water partition coefficient (Wildman–Crippen LogP) is 1.09. The largest absolute Gasteiger partial charge is 0.384 e. The van der Waals surface area contributed by atoms with Crippen LogP contribution in [0.25, 0.3) is 0 Å². The molecule has 2 heterocycles. The van der Waals surface area contributed by atoms with Gasteiger partial charge in [0, 0.05) is 38.5 Å². The summed E-state index contributed by atoms with van der Waals surface area (Å²) in [5.74, 6) is 0.629. The van der Waals surface area contributed by atoms with Crippen LogP contribution >= 0.6 is 0 Å². The number of nitrogens with zero attached hydrogens (tertiary/aromatic N) is 3. The van der Waals surface area contributed by atoms with Crippen LogP contribution in [0.15, 0.2) is 6.20 Å². The first kappa shape index (κ1) is 14.5. The Bertz CT molecular complexity index is 402. The Hall–Kier alpha value is -0.910. The van der Waals surface area contributed by atoms with Gasteiger partial charge in [-0.2, -0.15) is 5.10 Å². The molecule has 0 aromatic carbocycles. The Kier molecular flexibility index (Phi) is 4.96. The maximum atomic E-state index is 6.02. The first-order valence-corrected chi connectivity index (χ1v) is 7.09. The van der Waals surface area contributed by atoms with E-state index in [0.29, 0.717) is 12.5 Å². The molecule has 1 saturated heterocycles. The average molecular weight is 266 g/mol. The topological polar surface area (TPSA) is 56.3 Å². The van der Waals surface area contributed by atoms with Crippen molar-refractivity contribution in [3.8, 4) is 0 Å². The van der Waals surface area contributed by atoms with Gasteiger partial charge in [-0.05, 0) is 32.2 Å². The maximum Gasteiger partial charge on any atom is 0.0540 e. The molecule has 2 unspecified atom stereocenters. The van der Waals surface area contributed by atoms with Gasteiger partial charge in [0.2, 0.25) is 0 Å². The Balaban J connectivity index is 2.11. The highest BCUT2D eigenvalue weighted by molar-refractivity contribution is 5.21. The molecule has 5 heteroatoms. The summed E-state index contributed by atoms with van der Waals surface area (Å²) in [4.78, 5) is 2.50. The van der Waals surface area contributed by atoms with Crippen molar-refractivity contribution in [2.24, 2.45) is 18.7 Å². The lowest BCUT2D eigenvalue weighted by atomic mass is 9.95. The predicted molar refractivity (Wildman–Crippen MR) is 75.9 cm³/mol. The van der Waals surface area contributed by atoms with Crippen LogP contribution in [0.3, 0.4) is 0 Å². The molecule has 2 N–H and O–H groups in total. The van der Waals surface area contributed by atoms with Gasteiger partial charge in [-0.3, -0.25) is 9.58 Å². The molecule has 108 valence electrons. The van der Waals surface area contributed by atoms with Gasteiger partial charge >= 0.3 is 0 Å². The quantitative estimate of drug-likeness (QED) is 0.866. The standard InChI is InChI=1S/C14H26N4O/c1-11-13(8-16-17(11)2)14(7-15)18-6-4-5-12(9-18)10-19-3/h8,12,14H,4-7,9-10,15H2,1-3H3. The monoisotopic (exact) mass is 266 g/mol. The minimum absolute atomic E-state index is 0.286. The van der Waals surface area contributed by atoms with E-state index in [1.807, 2.05) is 17.9 Å². The second-order valence-corrected chi connectivity index (χ2v) is 5.52. The third kappa shape index (κ3) is 3.16. The minimum atomic E-state index is 0.286. The summed E-state index contributed by atoms with van der Waals surface area (Å²) in [5, 5.41) is 4.34. The van der Waals surface area contributed by atoms with E-state index in [2.05, 4.69) is 16.9 Å². The zero-order valence-electron chi connectivity index (χ0n) is 12.3. The van der Waals surface area contributed by atoms with Crippen molar-refractivity contribution in [1.29, 1.82) is 0 Å². The van der Waals surface area contributed by atoms with Crippen LogP contribution in [-0.4, -0.2) is 48.0 Å². The van der Waals surface area contributed by atoms with Crippen molar-refractivity contribution in [3.63, 3.8) is 0 Å². The molecule has 5 nitrogen and oxygen atoms in total. The molecule has 0 bridgehead atoms. The number of nitrogens with two attached hydrogens (primary N) is 1. The molecule has 0 saturated carbocycles. The highest BCUT2D eigenvalue weighted by atomic mass is 16.5. The number of likely N-dealkylation sites (tertiary alicyclic amines) is 1. The van der Waals surface area contributed by atoms with E-state index in [0.717, 1.165) is 19.7 Å². The van der Waals surface area contributed by atoms with Crippen molar-refractivity contribution in [2.75, 3.05) is 33.4 Å². The smallest absolute Gasteiger partial charge is 0.0540 e. The summed E-state index contributed by atoms with van der Waals surface area (Å²) in [7, 11) is 3.76. The number of methoxy groups -OCH3 is 1. The summed E-state index contributed by atoms with van der Waals surface area (Å²) < 4.78 is 7.23. The van der Waals surface area contributed by atoms with Crippen LogP contribution < -0.4 is 5.73 Å². The minimum Gasteiger partial charge on any atom is -0.384 e. The molecule has 0 radical (unpaired) electrons. The normalized spacial score (nSPS) is 22.6. The summed E-state index contributed by atoms with van der Waals surface area (Å²) >= 11 is 0. The molecule has 0 amide bonds. The van der Waals surface area contributed by atoms with Crippen LogP contribution in [-0.2, 0) is 11.8 Å². The molecule has 1 fully saturated rings. The average Bonchev–Trinajstić information content (AvgIpc) is 2.73. The van der Waals surface area contributed by atoms with E-state index < -0.39 is 0 Å². The van der Waals surface area contributed by atoms with E-state index in [1.165, 1.54) is 24.1 Å². The second kappa shape index (κ2) is 6.50. The first-order valence-electron chi connectivity index (χ1n) is 7.09. The van der Waals surface area contributed by atoms with Crippen molar-refractivity contribution in [2.45, 2.75) is 25.8 Å². The van der Waals surface area contributed by atoms with Gasteiger partial charge in [-0.15, -0.1) is 0 Å². The Morgan fingerprint density at radius 3 is 2.95 bits per heavy atom. The molecule has 0 spiro atoms.